The second kappa shape index (κ2) is 25.5. The number of fused-ring (bicyclic) bond motifs is 2. The molecule has 8 N–H and O–H groups in total. The number of hydrogen-bond acceptors (Lipinski definition) is 9. The predicted octanol–water partition coefficient (Wildman–Crippen LogP) is 7.08. The molecule has 360 valence electrons. The molecule has 16 heteroatoms. The number of benzene rings is 5. The van der Waals surface area contributed by atoms with E-state index < -0.39 is 29.9 Å². The standard InChI is InChI=1S/C53H58N6O9S/c1-2-14-47(62)54-26-13-5-3-4-12-19-48(63)58-44(30-35-17-10-7-11-18-35)51(65)59-43(29-34-15-8-6-9-16-34)50(64)55-27-28-56-53(69)57-36-20-23-39(42(31-36)52(66)67)49-40-24-21-37(60)32-45(40)68-46-33-38(61)22-25-41(46)49/h6-11,15-18,20-25,31-33,43-44,60H,2-5,12-14,19,26-30H2,1H3,(H,54,62)(H,55,64)(H,58,63)(H,59,65)(H,66,67)(H2,56,57,69)/t43-,44-/m0/s1. The Hall–Kier alpha value is -7.59. The molecular weight excluding hydrogens is 897 g/mol. The fourth-order valence-electron chi connectivity index (χ4n) is 7.97. The Morgan fingerprint density at radius 3 is 1.99 bits per heavy atom. The zero-order valence-corrected chi connectivity index (χ0v) is 39.3. The van der Waals surface area contributed by atoms with Crippen molar-refractivity contribution < 1.29 is 38.6 Å². The Balaban J connectivity index is 1.05. The number of amides is 4. The first kappa shape index (κ1) is 50.8. The van der Waals surface area contributed by atoms with Gasteiger partial charge in [0.2, 0.25) is 23.6 Å². The summed E-state index contributed by atoms with van der Waals surface area (Å²) in [7, 11) is 0. The lowest BCUT2D eigenvalue weighted by Crippen LogP contribution is -2.55. The number of carboxylic acid groups (broad SMARTS) is 1. The van der Waals surface area contributed by atoms with Gasteiger partial charge in [0.05, 0.1) is 5.56 Å². The highest BCUT2D eigenvalue weighted by Gasteiger charge is 2.28. The SMILES string of the molecule is CCCC(=O)NCCCCCCCC(=O)N[C@@H](Cc1ccccc1)C(=O)N[C@@H](Cc1ccccc1)C(=O)NCCNC(=S)Nc1ccc(-c2c3ccc(=O)cc-3oc3cc(O)ccc23)c(C(=O)O)c1. The number of carbonyl (C=O) groups excluding carboxylic acids is 4. The molecule has 2 atom stereocenters. The molecule has 1 aliphatic carbocycles. The molecule has 0 spiro atoms. The Morgan fingerprint density at radius 1 is 0.638 bits per heavy atom. The van der Waals surface area contributed by atoms with Crippen LogP contribution in [0.15, 0.2) is 124 Å². The molecule has 1 heterocycles. The largest absolute Gasteiger partial charge is 0.508 e. The van der Waals surface area contributed by atoms with Crippen LogP contribution in [0, 0.1) is 0 Å². The first-order valence-corrected chi connectivity index (χ1v) is 23.6. The average Bonchev–Trinajstić information content (AvgIpc) is 3.33. The number of phenols is 1. The van der Waals surface area contributed by atoms with Gasteiger partial charge in [-0.2, -0.15) is 0 Å². The molecule has 6 rings (SSSR count). The van der Waals surface area contributed by atoms with Crippen LogP contribution in [0.25, 0.3) is 33.4 Å². The van der Waals surface area contributed by atoms with Gasteiger partial charge < -0.3 is 46.5 Å². The number of carboxylic acids is 1. The number of aromatic carboxylic acids is 1. The van der Waals surface area contributed by atoms with E-state index in [-0.39, 0.29) is 77.4 Å². The Labute approximate surface area is 405 Å². The van der Waals surface area contributed by atoms with Gasteiger partial charge in [0.15, 0.2) is 10.5 Å². The monoisotopic (exact) mass is 954 g/mol. The van der Waals surface area contributed by atoms with Crippen LogP contribution in [0.1, 0.15) is 79.8 Å². The maximum absolute atomic E-state index is 14.0. The zero-order valence-electron chi connectivity index (χ0n) is 38.5. The van der Waals surface area contributed by atoms with Crippen LogP contribution in [-0.2, 0) is 32.0 Å². The molecule has 15 nitrogen and oxygen atoms in total. The Kier molecular flexibility index (Phi) is 18.8. The number of carbonyl (C=O) groups is 5. The van der Waals surface area contributed by atoms with Gasteiger partial charge in [-0.15, -0.1) is 0 Å². The van der Waals surface area contributed by atoms with E-state index in [1.807, 2.05) is 67.6 Å². The maximum atomic E-state index is 14.0. The van der Waals surface area contributed by atoms with Gasteiger partial charge in [-0.05, 0) is 84.6 Å². The van der Waals surface area contributed by atoms with Crippen molar-refractivity contribution in [2.24, 2.45) is 0 Å². The third-order valence-corrected chi connectivity index (χ3v) is 11.6. The van der Waals surface area contributed by atoms with Crippen molar-refractivity contribution in [1.82, 2.24) is 26.6 Å². The highest BCUT2D eigenvalue weighted by Crippen LogP contribution is 2.42. The minimum Gasteiger partial charge on any atom is -0.508 e. The number of aromatic hydroxyl groups is 1. The second-order valence-corrected chi connectivity index (χ2v) is 17.1. The molecule has 1 aliphatic heterocycles. The van der Waals surface area contributed by atoms with E-state index in [0.717, 1.165) is 43.2 Å². The number of thiocarbonyl (C=S) groups is 1. The molecule has 0 saturated heterocycles. The third-order valence-electron chi connectivity index (χ3n) is 11.4. The molecule has 0 unspecified atom stereocenters. The van der Waals surface area contributed by atoms with E-state index in [2.05, 4.69) is 31.9 Å². The molecule has 0 aromatic heterocycles. The summed E-state index contributed by atoms with van der Waals surface area (Å²) >= 11 is 5.53. The molecule has 0 bridgehead atoms. The number of anilines is 1. The summed E-state index contributed by atoms with van der Waals surface area (Å²) in [6.07, 6.45) is 6.21. The van der Waals surface area contributed by atoms with Crippen molar-refractivity contribution in [2.45, 2.75) is 83.2 Å². The van der Waals surface area contributed by atoms with E-state index in [9.17, 15) is 39.0 Å². The minimum absolute atomic E-state index is 0.0606. The van der Waals surface area contributed by atoms with Crippen LogP contribution in [0.5, 0.6) is 5.75 Å². The van der Waals surface area contributed by atoms with Crippen molar-refractivity contribution in [3.05, 3.63) is 142 Å². The van der Waals surface area contributed by atoms with E-state index >= 15 is 0 Å². The van der Waals surface area contributed by atoms with Crippen molar-refractivity contribution in [1.29, 1.82) is 0 Å². The fraction of sp³-hybridized carbons (Fsp3) is 0.302. The minimum atomic E-state index is -1.22. The Morgan fingerprint density at radius 2 is 1.29 bits per heavy atom. The van der Waals surface area contributed by atoms with Crippen molar-refractivity contribution in [3.8, 4) is 28.2 Å². The zero-order chi connectivity index (χ0) is 49.1. The highest BCUT2D eigenvalue weighted by molar-refractivity contribution is 7.80. The van der Waals surface area contributed by atoms with Crippen LogP contribution < -0.4 is 37.3 Å². The van der Waals surface area contributed by atoms with Gasteiger partial charge >= 0.3 is 5.97 Å². The molecule has 69 heavy (non-hydrogen) atoms. The molecule has 4 amide bonds. The van der Waals surface area contributed by atoms with Gasteiger partial charge in [-0.25, -0.2) is 4.79 Å². The molecule has 0 fully saturated rings. The number of nitrogens with one attached hydrogen (secondary N) is 6. The summed E-state index contributed by atoms with van der Waals surface area (Å²) in [5.41, 5.74) is 3.30. The third kappa shape index (κ3) is 15.2. The topological polar surface area (TPSA) is 228 Å². The highest BCUT2D eigenvalue weighted by atomic mass is 32.1. The van der Waals surface area contributed by atoms with Crippen LogP contribution in [0.3, 0.4) is 0 Å². The number of phenolic OH excluding ortho intramolecular Hbond substituents is 1. The van der Waals surface area contributed by atoms with E-state index in [1.165, 1.54) is 30.3 Å². The quantitative estimate of drug-likeness (QED) is 0.0173. The summed E-state index contributed by atoms with van der Waals surface area (Å²) in [6, 6.07) is 30.2. The molecule has 2 aliphatic rings. The van der Waals surface area contributed by atoms with Crippen molar-refractivity contribution in [3.63, 3.8) is 0 Å². The van der Waals surface area contributed by atoms with E-state index in [0.29, 0.717) is 47.2 Å². The lowest BCUT2D eigenvalue weighted by Gasteiger charge is -2.24. The first-order valence-electron chi connectivity index (χ1n) is 23.2. The fourth-order valence-corrected chi connectivity index (χ4v) is 8.19. The Bertz CT molecular complexity index is 2770. The summed E-state index contributed by atoms with van der Waals surface area (Å²) in [5.74, 6) is -2.18. The van der Waals surface area contributed by atoms with Crippen LogP contribution in [0.4, 0.5) is 5.69 Å². The van der Waals surface area contributed by atoms with E-state index in [1.54, 1.807) is 24.3 Å². The number of rotatable bonds is 24. The molecule has 0 saturated carbocycles. The van der Waals surface area contributed by atoms with Gasteiger partial charge in [-0.1, -0.05) is 92.9 Å². The van der Waals surface area contributed by atoms with Crippen LogP contribution in [0.2, 0.25) is 0 Å². The molecule has 4 aromatic rings. The summed E-state index contributed by atoms with van der Waals surface area (Å²) in [4.78, 5) is 77.6. The molecule has 0 radical (unpaired) electrons. The van der Waals surface area contributed by atoms with Crippen LogP contribution in [-0.4, -0.2) is 76.6 Å². The number of hydrogen-bond donors (Lipinski definition) is 8. The second-order valence-electron chi connectivity index (χ2n) is 16.7. The van der Waals surface area contributed by atoms with Crippen LogP contribution >= 0.6 is 12.2 Å². The average molecular weight is 955 g/mol. The number of unbranched alkanes of at least 4 members (excludes halogenated alkanes) is 4. The smallest absolute Gasteiger partial charge is 0.336 e. The maximum Gasteiger partial charge on any atom is 0.336 e. The predicted molar refractivity (Wildman–Crippen MR) is 270 cm³/mol. The summed E-state index contributed by atoms with van der Waals surface area (Å²) in [5, 5.41) is 38.8. The van der Waals surface area contributed by atoms with Gasteiger partial charge in [0, 0.05) is 79.7 Å². The van der Waals surface area contributed by atoms with E-state index in [4.69, 9.17) is 16.6 Å². The lowest BCUT2D eigenvalue weighted by molar-refractivity contribution is -0.132. The van der Waals surface area contributed by atoms with Gasteiger partial charge in [-0.3, -0.25) is 24.0 Å². The van der Waals surface area contributed by atoms with Gasteiger partial charge in [0.1, 0.15) is 29.2 Å². The van der Waals surface area contributed by atoms with Gasteiger partial charge in [0.25, 0.3) is 0 Å². The molecular formula is C53H58N6O9S. The molecule has 4 aromatic carbocycles. The first-order chi connectivity index (χ1) is 33.4. The van der Waals surface area contributed by atoms with Crippen molar-refractivity contribution >= 4 is 63.6 Å². The van der Waals surface area contributed by atoms with Crippen molar-refractivity contribution in [2.75, 3.05) is 25.0 Å². The lowest BCUT2D eigenvalue weighted by atomic mass is 9.90. The summed E-state index contributed by atoms with van der Waals surface area (Å²) in [6.45, 7) is 2.90. The normalized spacial score (nSPS) is 11.8. The summed E-state index contributed by atoms with van der Waals surface area (Å²) < 4.78 is 5.93.